The Morgan fingerprint density at radius 3 is 2.26 bits per heavy atom. The molecule has 0 spiro atoms. The van der Waals surface area contributed by atoms with Crippen LogP contribution in [0, 0.1) is 5.92 Å². The number of carbonyl (C=O) groups is 2. The molecule has 1 aliphatic rings. The van der Waals surface area contributed by atoms with Crippen molar-refractivity contribution in [2.24, 2.45) is 5.92 Å². The van der Waals surface area contributed by atoms with Gasteiger partial charge >= 0.3 is 0 Å². The summed E-state index contributed by atoms with van der Waals surface area (Å²) >= 11 is 6.22. The normalized spacial score (nSPS) is 14.5. The number of likely N-dealkylation sites (tertiary alicyclic amines) is 1. The lowest BCUT2D eigenvalue weighted by Gasteiger charge is -2.30. The molecule has 1 fully saturated rings. The summed E-state index contributed by atoms with van der Waals surface area (Å²) in [5, 5.41) is 0.409. The minimum Gasteiger partial charge on any atom is -0.497 e. The lowest BCUT2D eigenvalue weighted by molar-refractivity contribution is -0.127. The first kappa shape index (κ1) is 22.7. The summed E-state index contributed by atoms with van der Waals surface area (Å²) in [5.41, 5.74) is 1.41. The van der Waals surface area contributed by atoms with Gasteiger partial charge in [0, 0.05) is 30.6 Å². The van der Waals surface area contributed by atoms with Crippen LogP contribution in [0.5, 0.6) is 17.2 Å². The Morgan fingerprint density at radius 2 is 1.68 bits per heavy atom. The molecule has 1 heterocycles. The Kier molecular flexibility index (Phi) is 7.58. The second-order valence-corrected chi connectivity index (χ2v) is 7.67. The van der Waals surface area contributed by atoms with E-state index >= 15 is 0 Å². The number of benzene rings is 2. The molecular formula is C24H26ClNO5. The van der Waals surface area contributed by atoms with Gasteiger partial charge in [-0.25, -0.2) is 0 Å². The maximum absolute atomic E-state index is 12.7. The number of methoxy groups -OCH3 is 3. The minimum atomic E-state index is -0.0961. The quantitative estimate of drug-likeness (QED) is 0.465. The van der Waals surface area contributed by atoms with Crippen LogP contribution in [-0.2, 0) is 4.79 Å². The fourth-order valence-corrected chi connectivity index (χ4v) is 3.96. The second kappa shape index (κ2) is 10.4. The van der Waals surface area contributed by atoms with Crippen molar-refractivity contribution in [3.63, 3.8) is 0 Å². The van der Waals surface area contributed by atoms with E-state index in [1.165, 1.54) is 20.3 Å². The monoisotopic (exact) mass is 443 g/mol. The van der Waals surface area contributed by atoms with E-state index in [2.05, 4.69) is 0 Å². The molecule has 0 saturated carbocycles. The smallest absolute Gasteiger partial charge is 0.246 e. The molecular weight excluding hydrogens is 418 g/mol. The first-order valence-corrected chi connectivity index (χ1v) is 10.4. The van der Waals surface area contributed by atoms with Crippen LogP contribution in [0.4, 0.5) is 0 Å². The number of amides is 1. The zero-order chi connectivity index (χ0) is 22.4. The molecule has 31 heavy (non-hydrogen) atoms. The third-order valence-electron chi connectivity index (χ3n) is 5.43. The van der Waals surface area contributed by atoms with Gasteiger partial charge in [0.1, 0.15) is 5.75 Å². The lowest BCUT2D eigenvalue weighted by Crippen LogP contribution is -2.39. The molecule has 0 atom stereocenters. The van der Waals surface area contributed by atoms with Gasteiger partial charge in [0.15, 0.2) is 17.3 Å². The van der Waals surface area contributed by atoms with Gasteiger partial charge in [-0.05, 0) is 60.9 Å². The Bertz CT molecular complexity index is 963. The van der Waals surface area contributed by atoms with Crippen molar-refractivity contribution in [1.82, 2.24) is 4.90 Å². The number of ether oxygens (including phenoxy) is 3. The molecule has 0 bridgehead atoms. The van der Waals surface area contributed by atoms with E-state index in [1.54, 1.807) is 54.5 Å². The van der Waals surface area contributed by atoms with Crippen molar-refractivity contribution in [3.8, 4) is 17.2 Å². The maximum Gasteiger partial charge on any atom is 0.246 e. The van der Waals surface area contributed by atoms with Crippen LogP contribution in [0.25, 0.3) is 6.08 Å². The topological polar surface area (TPSA) is 65.1 Å². The van der Waals surface area contributed by atoms with Crippen molar-refractivity contribution >= 4 is 29.4 Å². The zero-order valence-electron chi connectivity index (χ0n) is 17.9. The van der Waals surface area contributed by atoms with E-state index in [0.29, 0.717) is 48.0 Å². The van der Waals surface area contributed by atoms with Crippen molar-refractivity contribution in [2.45, 2.75) is 12.8 Å². The molecule has 1 aliphatic heterocycles. The van der Waals surface area contributed by atoms with Crippen LogP contribution in [0.3, 0.4) is 0 Å². The summed E-state index contributed by atoms with van der Waals surface area (Å²) in [6.45, 7) is 1.09. The molecule has 3 rings (SSSR count). The van der Waals surface area contributed by atoms with E-state index in [-0.39, 0.29) is 17.6 Å². The maximum atomic E-state index is 12.7. The summed E-state index contributed by atoms with van der Waals surface area (Å²) in [4.78, 5) is 27.1. The molecule has 2 aromatic carbocycles. The third kappa shape index (κ3) is 5.39. The van der Waals surface area contributed by atoms with E-state index in [9.17, 15) is 9.59 Å². The van der Waals surface area contributed by atoms with Crippen LogP contribution in [0.15, 0.2) is 42.5 Å². The lowest BCUT2D eigenvalue weighted by atomic mass is 9.89. The first-order chi connectivity index (χ1) is 15.0. The summed E-state index contributed by atoms with van der Waals surface area (Å²) in [6.07, 6.45) is 4.51. The number of ketones is 1. The summed E-state index contributed by atoms with van der Waals surface area (Å²) in [6, 6.07) is 10.6. The Hall–Kier alpha value is -2.99. The molecule has 0 radical (unpaired) electrons. The van der Waals surface area contributed by atoms with E-state index in [0.717, 1.165) is 11.3 Å². The van der Waals surface area contributed by atoms with E-state index < -0.39 is 0 Å². The highest BCUT2D eigenvalue weighted by Crippen LogP contribution is 2.36. The van der Waals surface area contributed by atoms with Gasteiger partial charge < -0.3 is 19.1 Å². The number of carbonyl (C=O) groups excluding carboxylic acids is 2. The standard InChI is InChI=1S/C24H26ClNO5/c1-29-19-7-5-17(6-8-19)23(28)18-10-12-26(13-11-18)22(27)9-4-16-14-20(25)24(31-3)21(15-16)30-2/h4-9,14-15,18H,10-13H2,1-3H3/b9-4+. The van der Waals surface area contributed by atoms with Gasteiger partial charge in [0.05, 0.1) is 26.4 Å². The number of rotatable bonds is 7. The SMILES string of the molecule is COc1ccc(C(=O)C2CCN(C(=O)/C=C/c3cc(Cl)c(OC)c(OC)c3)CC2)cc1. The molecule has 7 heteroatoms. The van der Waals surface area contributed by atoms with E-state index in [4.69, 9.17) is 25.8 Å². The van der Waals surface area contributed by atoms with Gasteiger partial charge in [-0.15, -0.1) is 0 Å². The number of nitrogens with zero attached hydrogens (tertiary/aromatic N) is 1. The Balaban J connectivity index is 1.58. The number of hydrogen-bond donors (Lipinski definition) is 0. The first-order valence-electron chi connectivity index (χ1n) is 10.0. The molecule has 2 aromatic rings. The van der Waals surface area contributed by atoms with Gasteiger partial charge in [0.2, 0.25) is 5.91 Å². The van der Waals surface area contributed by atoms with Crippen molar-refractivity contribution in [2.75, 3.05) is 34.4 Å². The largest absolute Gasteiger partial charge is 0.497 e. The summed E-state index contributed by atoms with van der Waals surface area (Å²) in [7, 11) is 4.65. The van der Waals surface area contributed by atoms with Crippen LogP contribution in [0.1, 0.15) is 28.8 Å². The predicted molar refractivity (Wildman–Crippen MR) is 120 cm³/mol. The van der Waals surface area contributed by atoms with Gasteiger partial charge in [0.25, 0.3) is 0 Å². The third-order valence-corrected chi connectivity index (χ3v) is 5.71. The van der Waals surface area contributed by atoms with Crippen LogP contribution in [0.2, 0.25) is 5.02 Å². The second-order valence-electron chi connectivity index (χ2n) is 7.26. The average Bonchev–Trinajstić information content (AvgIpc) is 2.81. The minimum absolute atomic E-state index is 0.0777. The van der Waals surface area contributed by atoms with Gasteiger partial charge in [-0.1, -0.05) is 11.6 Å². The van der Waals surface area contributed by atoms with Crippen LogP contribution in [-0.4, -0.2) is 51.0 Å². The molecule has 164 valence electrons. The summed E-state index contributed by atoms with van der Waals surface area (Å²) < 4.78 is 15.7. The predicted octanol–water partition coefficient (Wildman–Crippen LogP) is 4.50. The molecule has 0 aliphatic carbocycles. The molecule has 1 amide bonds. The van der Waals surface area contributed by atoms with Crippen molar-refractivity contribution in [3.05, 3.63) is 58.6 Å². The van der Waals surface area contributed by atoms with Crippen molar-refractivity contribution < 1.29 is 23.8 Å². The summed E-state index contributed by atoms with van der Waals surface area (Å²) in [5.74, 6) is 1.62. The van der Waals surface area contributed by atoms with Crippen LogP contribution < -0.4 is 14.2 Å². The fraction of sp³-hybridized carbons (Fsp3) is 0.333. The molecule has 6 nitrogen and oxygen atoms in total. The molecule has 1 saturated heterocycles. The fourth-order valence-electron chi connectivity index (χ4n) is 3.66. The zero-order valence-corrected chi connectivity index (χ0v) is 18.6. The van der Waals surface area contributed by atoms with E-state index in [1.807, 2.05) is 0 Å². The highest BCUT2D eigenvalue weighted by atomic mass is 35.5. The highest BCUT2D eigenvalue weighted by Gasteiger charge is 2.27. The van der Waals surface area contributed by atoms with Crippen molar-refractivity contribution in [1.29, 1.82) is 0 Å². The van der Waals surface area contributed by atoms with Gasteiger partial charge in [-0.2, -0.15) is 0 Å². The Labute approximate surface area is 187 Å². The van der Waals surface area contributed by atoms with Gasteiger partial charge in [-0.3, -0.25) is 9.59 Å². The molecule has 0 N–H and O–H groups in total. The highest BCUT2D eigenvalue weighted by molar-refractivity contribution is 6.32. The molecule has 0 unspecified atom stereocenters. The number of halogens is 1. The number of hydrogen-bond acceptors (Lipinski definition) is 5. The average molecular weight is 444 g/mol. The molecule has 0 aromatic heterocycles. The Morgan fingerprint density at radius 1 is 1.00 bits per heavy atom. The number of piperidine rings is 1. The van der Waals surface area contributed by atoms with Crippen LogP contribution >= 0.6 is 11.6 Å². The number of Topliss-reactive ketones (excluding diaryl/α,β-unsaturated/α-hetero) is 1.